The number of aryl methyl sites for hydroxylation is 1. The minimum Gasteiger partial charge on any atom is -0.454 e. The molecule has 0 spiro atoms. The van der Waals surface area contributed by atoms with E-state index in [9.17, 15) is 4.39 Å². The molecule has 0 amide bonds. The molecule has 2 heterocycles. The van der Waals surface area contributed by atoms with Gasteiger partial charge in [0.2, 0.25) is 12.7 Å². The molecule has 2 N–H and O–H groups in total. The van der Waals surface area contributed by atoms with Crippen LogP contribution < -0.4 is 20.1 Å². The average molecular weight is 352 g/mol. The third-order valence-corrected chi connectivity index (χ3v) is 3.89. The van der Waals surface area contributed by atoms with E-state index in [0.717, 1.165) is 22.8 Å². The number of hydrogen-bond acceptors (Lipinski definition) is 6. The van der Waals surface area contributed by atoms with Crippen molar-refractivity contribution in [2.45, 2.75) is 13.5 Å². The van der Waals surface area contributed by atoms with Crippen molar-refractivity contribution in [3.63, 3.8) is 0 Å². The second kappa shape index (κ2) is 6.87. The number of halogens is 1. The van der Waals surface area contributed by atoms with Gasteiger partial charge in [-0.05, 0) is 36.8 Å². The average Bonchev–Trinajstić information content (AvgIpc) is 3.09. The molecular weight excluding hydrogens is 335 g/mol. The lowest BCUT2D eigenvalue weighted by atomic mass is 10.2. The molecule has 0 saturated heterocycles. The fourth-order valence-corrected chi connectivity index (χ4v) is 2.64. The Morgan fingerprint density at radius 3 is 2.77 bits per heavy atom. The third-order valence-electron chi connectivity index (χ3n) is 3.89. The molecule has 1 aromatic heterocycles. The molecule has 0 saturated carbocycles. The Bertz CT molecular complexity index is 949. The Hall–Kier alpha value is -3.35. The zero-order valence-electron chi connectivity index (χ0n) is 14.1. The number of rotatable bonds is 5. The maximum Gasteiger partial charge on any atom is 0.231 e. The molecule has 0 atom stereocenters. The van der Waals surface area contributed by atoms with Gasteiger partial charge >= 0.3 is 0 Å². The third kappa shape index (κ3) is 3.51. The summed E-state index contributed by atoms with van der Waals surface area (Å²) in [7, 11) is 0. The van der Waals surface area contributed by atoms with Gasteiger partial charge in [0, 0.05) is 18.3 Å². The topological polar surface area (TPSA) is 68.3 Å². The molecule has 0 radical (unpaired) electrons. The van der Waals surface area contributed by atoms with Gasteiger partial charge in [-0.25, -0.2) is 9.37 Å². The second-order valence-corrected chi connectivity index (χ2v) is 5.86. The van der Waals surface area contributed by atoms with Crippen LogP contribution in [0.2, 0.25) is 0 Å². The van der Waals surface area contributed by atoms with Crippen LogP contribution in [0.5, 0.6) is 11.5 Å². The largest absolute Gasteiger partial charge is 0.454 e. The van der Waals surface area contributed by atoms with Crippen LogP contribution in [-0.2, 0) is 6.54 Å². The zero-order chi connectivity index (χ0) is 17.9. The summed E-state index contributed by atoms with van der Waals surface area (Å²) in [5.41, 5.74) is 2.14. The van der Waals surface area contributed by atoms with Crippen molar-refractivity contribution in [1.29, 1.82) is 0 Å². The quantitative estimate of drug-likeness (QED) is 0.723. The van der Waals surface area contributed by atoms with E-state index in [4.69, 9.17) is 9.47 Å². The van der Waals surface area contributed by atoms with Crippen molar-refractivity contribution in [2.75, 3.05) is 17.4 Å². The van der Waals surface area contributed by atoms with Crippen molar-refractivity contribution < 1.29 is 13.9 Å². The first-order valence-corrected chi connectivity index (χ1v) is 8.17. The normalized spacial score (nSPS) is 12.1. The molecule has 132 valence electrons. The number of nitrogens with one attached hydrogen (secondary N) is 2. The number of anilines is 3. The maximum atomic E-state index is 13.8. The molecule has 0 aliphatic carbocycles. The summed E-state index contributed by atoms with van der Waals surface area (Å²) in [5, 5.41) is 6.16. The molecule has 2 aromatic carbocycles. The van der Waals surface area contributed by atoms with Gasteiger partial charge in [-0.2, -0.15) is 4.98 Å². The monoisotopic (exact) mass is 352 g/mol. The Kier molecular flexibility index (Phi) is 4.27. The fraction of sp³-hybridized carbons (Fsp3) is 0.158. The van der Waals surface area contributed by atoms with Crippen LogP contribution in [0.25, 0.3) is 0 Å². The van der Waals surface area contributed by atoms with Crippen LogP contribution >= 0.6 is 0 Å². The molecule has 26 heavy (non-hydrogen) atoms. The SMILES string of the molecule is Cc1cc(NCc2ccc3c(c2)OCO3)nc(Nc2ccccc2F)n1. The molecule has 7 heteroatoms. The molecule has 4 rings (SSSR count). The first-order chi connectivity index (χ1) is 12.7. The molecular formula is C19H17FN4O2. The van der Waals surface area contributed by atoms with E-state index >= 15 is 0 Å². The van der Waals surface area contributed by atoms with Crippen molar-refractivity contribution >= 4 is 17.5 Å². The lowest BCUT2D eigenvalue weighted by molar-refractivity contribution is 0.174. The van der Waals surface area contributed by atoms with Crippen LogP contribution in [0.1, 0.15) is 11.3 Å². The molecule has 0 fully saturated rings. The van der Waals surface area contributed by atoms with Gasteiger partial charge in [0.1, 0.15) is 11.6 Å². The van der Waals surface area contributed by atoms with Crippen molar-refractivity contribution in [2.24, 2.45) is 0 Å². The van der Waals surface area contributed by atoms with E-state index in [1.165, 1.54) is 6.07 Å². The number of aromatic nitrogens is 2. The molecule has 3 aromatic rings. The summed E-state index contributed by atoms with van der Waals surface area (Å²) in [6.45, 7) is 2.68. The Labute approximate surface area is 150 Å². The van der Waals surface area contributed by atoms with E-state index in [1.807, 2.05) is 31.2 Å². The lowest BCUT2D eigenvalue weighted by Crippen LogP contribution is -2.06. The molecule has 0 unspecified atom stereocenters. The maximum absolute atomic E-state index is 13.8. The lowest BCUT2D eigenvalue weighted by Gasteiger charge is -2.11. The number of benzene rings is 2. The highest BCUT2D eigenvalue weighted by Crippen LogP contribution is 2.32. The Balaban J connectivity index is 1.48. The smallest absolute Gasteiger partial charge is 0.231 e. The van der Waals surface area contributed by atoms with Gasteiger partial charge in [0.25, 0.3) is 0 Å². The summed E-state index contributed by atoms with van der Waals surface area (Å²) in [6.07, 6.45) is 0. The molecule has 0 bridgehead atoms. The summed E-state index contributed by atoms with van der Waals surface area (Å²) in [4.78, 5) is 8.71. The number of nitrogens with zero attached hydrogens (tertiary/aromatic N) is 2. The number of hydrogen-bond donors (Lipinski definition) is 2. The van der Waals surface area contributed by atoms with Gasteiger partial charge in [0.15, 0.2) is 11.5 Å². The van der Waals surface area contributed by atoms with E-state index in [-0.39, 0.29) is 12.6 Å². The van der Waals surface area contributed by atoms with Gasteiger partial charge in [-0.15, -0.1) is 0 Å². The minimum atomic E-state index is -0.354. The van der Waals surface area contributed by atoms with Crippen LogP contribution in [0.4, 0.5) is 21.8 Å². The van der Waals surface area contributed by atoms with E-state index in [1.54, 1.807) is 18.2 Å². The highest BCUT2D eigenvalue weighted by Gasteiger charge is 2.13. The zero-order valence-corrected chi connectivity index (χ0v) is 14.1. The fourth-order valence-electron chi connectivity index (χ4n) is 2.64. The molecule has 6 nitrogen and oxygen atoms in total. The predicted octanol–water partition coefficient (Wildman–Crippen LogP) is 4.01. The summed E-state index contributed by atoms with van der Waals surface area (Å²) in [6, 6.07) is 14.0. The molecule has 1 aliphatic rings. The highest BCUT2D eigenvalue weighted by molar-refractivity contribution is 5.56. The van der Waals surface area contributed by atoms with Crippen LogP contribution in [0, 0.1) is 12.7 Å². The number of para-hydroxylation sites is 1. The standard InChI is InChI=1S/C19H17FN4O2/c1-12-8-18(21-10-13-6-7-16-17(9-13)26-11-25-16)24-19(22-12)23-15-5-3-2-4-14(15)20/h2-9H,10-11H2,1H3,(H2,21,22,23,24). The number of ether oxygens (including phenoxy) is 2. The Morgan fingerprint density at radius 2 is 1.88 bits per heavy atom. The second-order valence-electron chi connectivity index (χ2n) is 5.86. The first kappa shape index (κ1) is 16.1. The van der Waals surface area contributed by atoms with Gasteiger partial charge in [-0.1, -0.05) is 18.2 Å². The first-order valence-electron chi connectivity index (χ1n) is 8.17. The predicted molar refractivity (Wildman–Crippen MR) is 96.3 cm³/mol. The van der Waals surface area contributed by atoms with Gasteiger partial charge < -0.3 is 20.1 Å². The van der Waals surface area contributed by atoms with Crippen molar-refractivity contribution in [3.8, 4) is 11.5 Å². The van der Waals surface area contributed by atoms with Gasteiger partial charge in [0.05, 0.1) is 5.69 Å². The molecule has 1 aliphatic heterocycles. The van der Waals surface area contributed by atoms with E-state index in [0.29, 0.717) is 24.0 Å². The van der Waals surface area contributed by atoms with E-state index < -0.39 is 0 Å². The van der Waals surface area contributed by atoms with Crippen LogP contribution in [0.15, 0.2) is 48.5 Å². The summed E-state index contributed by atoms with van der Waals surface area (Å²) in [5.74, 6) is 2.12. The Morgan fingerprint density at radius 1 is 1.04 bits per heavy atom. The van der Waals surface area contributed by atoms with Crippen LogP contribution in [0.3, 0.4) is 0 Å². The minimum absolute atomic E-state index is 0.252. The summed E-state index contributed by atoms with van der Waals surface area (Å²) < 4.78 is 24.5. The van der Waals surface area contributed by atoms with Crippen LogP contribution in [-0.4, -0.2) is 16.8 Å². The highest BCUT2D eigenvalue weighted by atomic mass is 19.1. The van der Waals surface area contributed by atoms with Gasteiger partial charge in [-0.3, -0.25) is 0 Å². The van der Waals surface area contributed by atoms with Crippen molar-refractivity contribution in [1.82, 2.24) is 9.97 Å². The van der Waals surface area contributed by atoms with E-state index in [2.05, 4.69) is 20.6 Å². The van der Waals surface area contributed by atoms with Crippen molar-refractivity contribution in [3.05, 3.63) is 65.6 Å². The summed E-state index contributed by atoms with van der Waals surface area (Å²) >= 11 is 0. The number of fused-ring (bicyclic) bond motifs is 1.